The van der Waals surface area contributed by atoms with Gasteiger partial charge in [0.15, 0.2) is 0 Å². The van der Waals surface area contributed by atoms with E-state index in [1.807, 2.05) is 0 Å². The van der Waals surface area contributed by atoms with Crippen molar-refractivity contribution in [3.63, 3.8) is 0 Å². The van der Waals surface area contributed by atoms with E-state index in [9.17, 15) is 17.6 Å². The van der Waals surface area contributed by atoms with Crippen molar-refractivity contribution in [3.05, 3.63) is 60.0 Å². The highest BCUT2D eigenvalue weighted by Crippen LogP contribution is 2.37. The maximum Gasteiger partial charge on any atom is 0.418 e. The van der Waals surface area contributed by atoms with Crippen LogP contribution in [0.2, 0.25) is 0 Å². The molecule has 9 heteroatoms. The van der Waals surface area contributed by atoms with Gasteiger partial charge in [0.05, 0.1) is 22.6 Å². The number of pyridine rings is 1. The van der Waals surface area contributed by atoms with Gasteiger partial charge in [-0.15, -0.1) is 0 Å². The van der Waals surface area contributed by atoms with Crippen LogP contribution in [0, 0.1) is 5.82 Å². The highest BCUT2D eigenvalue weighted by Gasteiger charge is 2.35. The van der Waals surface area contributed by atoms with Gasteiger partial charge in [0.2, 0.25) is 5.95 Å². The maximum atomic E-state index is 14.3. The number of alkyl halides is 3. The first kappa shape index (κ1) is 21.0. The topological polar surface area (TPSA) is 62.7 Å². The van der Waals surface area contributed by atoms with Crippen molar-refractivity contribution >= 4 is 17.5 Å². The molecule has 1 aromatic carbocycles. The van der Waals surface area contributed by atoms with Gasteiger partial charge in [-0.3, -0.25) is 4.98 Å². The van der Waals surface area contributed by atoms with Crippen LogP contribution in [0.25, 0.3) is 11.4 Å². The molecule has 1 aliphatic carbocycles. The number of para-hydroxylation sites is 1. The Hall–Kier alpha value is -3.23. The molecular formula is C22H21F4N5. The van der Waals surface area contributed by atoms with Crippen LogP contribution in [0.3, 0.4) is 0 Å². The first-order chi connectivity index (χ1) is 14.9. The molecule has 2 N–H and O–H groups in total. The number of rotatable bonds is 5. The first-order valence-electron chi connectivity index (χ1n) is 10.1. The summed E-state index contributed by atoms with van der Waals surface area (Å²) in [7, 11) is 0. The van der Waals surface area contributed by atoms with Gasteiger partial charge in [-0.25, -0.2) is 9.37 Å². The van der Waals surface area contributed by atoms with Crippen LogP contribution in [-0.2, 0) is 6.18 Å². The summed E-state index contributed by atoms with van der Waals surface area (Å²) in [6, 6.07) is 9.73. The Morgan fingerprint density at radius 3 is 2.42 bits per heavy atom. The van der Waals surface area contributed by atoms with Crippen molar-refractivity contribution in [2.45, 2.75) is 44.3 Å². The summed E-state index contributed by atoms with van der Waals surface area (Å²) < 4.78 is 54.5. The predicted octanol–water partition coefficient (Wildman–Crippen LogP) is 6.18. The third-order valence-corrected chi connectivity index (χ3v) is 5.16. The quantitative estimate of drug-likeness (QED) is 0.472. The van der Waals surface area contributed by atoms with Gasteiger partial charge >= 0.3 is 6.18 Å². The molecule has 0 unspecified atom stereocenters. The van der Waals surface area contributed by atoms with Crippen LogP contribution in [0.5, 0.6) is 0 Å². The summed E-state index contributed by atoms with van der Waals surface area (Å²) in [6.45, 7) is 0. The highest BCUT2D eigenvalue weighted by molar-refractivity contribution is 5.67. The third kappa shape index (κ3) is 5.10. The van der Waals surface area contributed by atoms with Crippen molar-refractivity contribution < 1.29 is 17.6 Å². The number of benzene rings is 1. The van der Waals surface area contributed by atoms with E-state index in [2.05, 4.69) is 25.6 Å². The van der Waals surface area contributed by atoms with Crippen molar-refractivity contribution in [1.82, 2.24) is 15.0 Å². The zero-order valence-corrected chi connectivity index (χ0v) is 16.6. The fourth-order valence-electron chi connectivity index (χ4n) is 3.67. The van der Waals surface area contributed by atoms with Crippen LogP contribution >= 0.6 is 0 Å². The number of hydrogen-bond acceptors (Lipinski definition) is 5. The SMILES string of the molecule is Fc1cccc(C(F)(F)F)c1Nc1cc(-c2ccccn2)nc(NC2CCCCC2)n1. The van der Waals surface area contributed by atoms with Gasteiger partial charge in [-0.05, 0) is 37.1 Å². The Bertz CT molecular complexity index is 1030. The van der Waals surface area contributed by atoms with Crippen molar-refractivity contribution in [2.24, 2.45) is 0 Å². The second-order valence-corrected chi connectivity index (χ2v) is 7.44. The number of nitrogens with one attached hydrogen (secondary N) is 2. The normalized spacial score (nSPS) is 15.0. The van der Waals surface area contributed by atoms with E-state index >= 15 is 0 Å². The predicted molar refractivity (Wildman–Crippen MR) is 110 cm³/mol. The van der Waals surface area contributed by atoms with E-state index < -0.39 is 23.2 Å². The Labute approximate surface area is 177 Å². The second kappa shape index (κ2) is 8.87. The fourth-order valence-corrected chi connectivity index (χ4v) is 3.67. The second-order valence-electron chi connectivity index (χ2n) is 7.44. The summed E-state index contributed by atoms with van der Waals surface area (Å²) >= 11 is 0. The lowest BCUT2D eigenvalue weighted by atomic mass is 9.96. The number of halogens is 4. The van der Waals surface area contributed by atoms with Crippen LogP contribution in [-0.4, -0.2) is 21.0 Å². The molecule has 0 atom stereocenters. The summed E-state index contributed by atoms with van der Waals surface area (Å²) in [5, 5.41) is 5.79. The lowest BCUT2D eigenvalue weighted by molar-refractivity contribution is -0.137. The van der Waals surface area contributed by atoms with Crippen LogP contribution in [0.1, 0.15) is 37.7 Å². The summed E-state index contributed by atoms with van der Waals surface area (Å²) in [4.78, 5) is 13.1. The molecule has 3 aromatic rings. The largest absolute Gasteiger partial charge is 0.418 e. The minimum Gasteiger partial charge on any atom is -0.351 e. The van der Waals surface area contributed by atoms with Gasteiger partial charge in [0, 0.05) is 18.3 Å². The third-order valence-electron chi connectivity index (χ3n) is 5.16. The van der Waals surface area contributed by atoms with Gasteiger partial charge in [-0.2, -0.15) is 18.2 Å². The number of aromatic nitrogens is 3. The standard InChI is InChI=1S/C22H21F4N5/c23-16-10-6-9-15(22(24,25)26)20(16)30-19-13-18(17-11-4-5-12-27-17)29-21(31-19)28-14-7-2-1-3-8-14/h4-6,9-14H,1-3,7-8H2,(H2,28,29,30,31). The molecule has 1 fully saturated rings. The molecule has 5 nitrogen and oxygen atoms in total. The van der Waals surface area contributed by atoms with Crippen molar-refractivity contribution in [3.8, 4) is 11.4 Å². The molecule has 0 amide bonds. The summed E-state index contributed by atoms with van der Waals surface area (Å²) in [5.74, 6) is -0.707. The Morgan fingerprint density at radius 1 is 0.903 bits per heavy atom. The number of anilines is 3. The van der Waals surface area contributed by atoms with Crippen LogP contribution < -0.4 is 10.6 Å². The highest BCUT2D eigenvalue weighted by atomic mass is 19.4. The van der Waals surface area contributed by atoms with Gasteiger partial charge in [-0.1, -0.05) is 31.4 Å². The molecular weight excluding hydrogens is 410 g/mol. The van der Waals surface area contributed by atoms with E-state index in [0.717, 1.165) is 43.9 Å². The molecule has 1 saturated carbocycles. The van der Waals surface area contributed by atoms with E-state index in [1.165, 1.54) is 12.5 Å². The number of hydrogen-bond donors (Lipinski definition) is 2. The maximum absolute atomic E-state index is 14.3. The van der Waals surface area contributed by atoms with Gasteiger partial charge < -0.3 is 10.6 Å². The average Bonchev–Trinajstić information content (AvgIpc) is 2.75. The van der Waals surface area contributed by atoms with Crippen molar-refractivity contribution in [2.75, 3.05) is 10.6 Å². The van der Waals surface area contributed by atoms with Crippen molar-refractivity contribution in [1.29, 1.82) is 0 Å². The lowest BCUT2D eigenvalue weighted by Crippen LogP contribution is -2.23. The molecule has 0 saturated heterocycles. The molecule has 1 aliphatic rings. The average molecular weight is 431 g/mol. The zero-order chi connectivity index (χ0) is 21.8. The zero-order valence-electron chi connectivity index (χ0n) is 16.6. The Kier molecular flexibility index (Phi) is 6.01. The summed E-state index contributed by atoms with van der Waals surface area (Å²) in [6.07, 6.45) is 2.16. The van der Waals surface area contributed by atoms with E-state index in [1.54, 1.807) is 24.4 Å². The van der Waals surface area contributed by atoms with E-state index in [4.69, 9.17) is 0 Å². The van der Waals surface area contributed by atoms with Crippen LogP contribution in [0.4, 0.5) is 35.0 Å². The number of nitrogens with zero attached hydrogens (tertiary/aromatic N) is 3. The molecule has 2 aromatic heterocycles. The molecule has 0 radical (unpaired) electrons. The first-order valence-corrected chi connectivity index (χ1v) is 10.1. The fraction of sp³-hybridized carbons (Fsp3) is 0.318. The Balaban J connectivity index is 1.73. The molecule has 0 bridgehead atoms. The molecule has 0 aliphatic heterocycles. The van der Waals surface area contributed by atoms with Gasteiger partial charge in [0.1, 0.15) is 11.6 Å². The van der Waals surface area contributed by atoms with E-state index in [-0.39, 0.29) is 17.8 Å². The minimum atomic E-state index is -4.72. The van der Waals surface area contributed by atoms with E-state index in [0.29, 0.717) is 11.4 Å². The minimum absolute atomic E-state index is 0.0459. The summed E-state index contributed by atoms with van der Waals surface area (Å²) in [5.41, 5.74) is -0.831. The molecule has 31 heavy (non-hydrogen) atoms. The molecule has 162 valence electrons. The smallest absolute Gasteiger partial charge is 0.351 e. The molecule has 2 heterocycles. The Morgan fingerprint density at radius 2 is 1.71 bits per heavy atom. The molecule has 0 spiro atoms. The monoisotopic (exact) mass is 431 g/mol. The lowest BCUT2D eigenvalue weighted by Gasteiger charge is -2.23. The van der Waals surface area contributed by atoms with Crippen LogP contribution in [0.15, 0.2) is 48.7 Å². The van der Waals surface area contributed by atoms with Gasteiger partial charge in [0.25, 0.3) is 0 Å². The molecule has 4 rings (SSSR count).